The number of nitrogens with one attached hydrogen (secondary N) is 3. The van der Waals surface area contributed by atoms with Crippen LogP contribution in [0.1, 0.15) is 27.2 Å². The maximum Gasteiger partial charge on any atom is 0.291 e. The molecule has 0 aliphatic heterocycles. The summed E-state index contributed by atoms with van der Waals surface area (Å²) in [4.78, 5) is 16.3. The predicted molar refractivity (Wildman–Crippen MR) is 127 cm³/mol. The van der Waals surface area contributed by atoms with Gasteiger partial charge in [-0.1, -0.05) is 42.0 Å². The standard InChI is InChI=1S/C22H24N4O2.HI/c1-16-8-10-17(11-9-16)14-24-22(23-2)25-15-18-5-3-6-19(13-18)26-21(27)20-7-4-12-28-20;/h3-13H,14-15H2,1-2H3,(H,26,27)(H2,23,24,25);1H. The number of anilines is 1. The van der Waals surface area contributed by atoms with Crippen molar-refractivity contribution < 1.29 is 9.21 Å². The number of rotatable bonds is 6. The summed E-state index contributed by atoms with van der Waals surface area (Å²) in [6.45, 7) is 3.35. The van der Waals surface area contributed by atoms with Crippen LogP contribution in [0.15, 0.2) is 76.3 Å². The number of furan rings is 1. The molecule has 1 amide bonds. The molecule has 1 heterocycles. The van der Waals surface area contributed by atoms with Crippen LogP contribution in [0.4, 0.5) is 5.69 Å². The molecule has 0 saturated carbocycles. The number of carbonyl (C=O) groups is 1. The first-order valence-corrected chi connectivity index (χ1v) is 9.08. The van der Waals surface area contributed by atoms with Gasteiger partial charge in [0, 0.05) is 25.8 Å². The van der Waals surface area contributed by atoms with Gasteiger partial charge in [-0.25, -0.2) is 0 Å². The molecule has 3 N–H and O–H groups in total. The third-order valence-electron chi connectivity index (χ3n) is 4.19. The number of hydrogen-bond donors (Lipinski definition) is 3. The molecule has 1 aromatic heterocycles. The Morgan fingerprint density at radius 3 is 2.34 bits per heavy atom. The second-order valence-electron chi connectivity index (χ2n) is 6.40. The molecule has 0 aliphatic carbocycles. The summed E-state index contributed by atoms with van der Waals surface area (Å²) >= 11 is 0. The van der Waals surface area contributed by atoms with E-state index in [1.165, 1.54) is 17.4 Å². The molecule has 2 aromatic carbocycles. The maximum atomic E-state index is 12.1. The molecule has 0 saturated heterocycles. The topological polar surface area (TPSA) is 78.7 Å². The van der Waals surface area contributed by atoms with Crippen LogP contribution in [-0.2, 0) is 13.1 Å². The Kier molecular flexibility index (Phi) is 8.72. The molecule has 0 fully saturated rings. The minimum absolute atomic E-state index is 0. The molecule has 6 nitrogen and oxygen atoms in total. The zero-order valence-electron chi connectivity index (χ0n) is 16.4. The van der Waals surface area contributed by atoms with Crippen LogP contribution in [0.2, 0.25) is 0 Å². The zero-order chi connectivity index (χ0) is 19.8. The average Bonchev–Trinajstić information content (AvgIpc) is 3.25. The second-order valence-corrected chi connectivity index (χ2v) is 6.40. The second kappa shape index (κ2) is 11.3. The van der Waals surface area contributed by atoms with E-state index in [4.69, 9.17) is 4.42 Å². The Labute approximate surface area is 187 Å². The van der Waals surface area contributed by atoms with Crippen molar-refractivity contribution in [1.29, 1.82) is 0 Å². The number of aryl methyl sites for hydroxylation is 1. The first-order valence-electron chi connectivity index (χ1n) is 9.08. The first-order chi connectivity index (χ1) is 13.6. The van der Waals surface area contributed by atoms with Crippen molar-refractivity contribution in [2.75, 3.05) is 12.4 Å². The Balaban J connectivity index is 0.00000300. The molecule has 3 rings (SSSR count). The molecular weight excluding hydrogens is 479 g/mol. The Bertz CT molecular complexity index is 938. The van der Waals surface area contributed by atoms with Crippen LogP contribution in [0.3, 0.4) is 0 Å². The molecule has 7 heteroatoms. The first kappa shape index (κ1) is 22.5. The minimum atomic E-state index is -0.273. The fourth-order valence-corrected chi connectivity index (χ4v) is 2.66. The van der Waals surface area contributed by atoms with Gasteiger partial charge in [0.25, 0.3) is 5.91 Å². The molecule has 0 spiro atoms. The molecule has 0 radical (unpaired) electrons. The van der Waals surface area contributed by atoms with Crippen LogP contribution in [0.5, 0.6) is 0 Å². The quantitative estimate of drug-likeness (QED) is 0.266. The number of aliphatic imine (C=N–C) groups is 1. The average molecular weight is 504 g/mol. The molecule has 0 aliphatic rings. The van der Waals surface area contributed by atoms with Crippen molar-refractivity contribution in [3.05, 3.63) is 89.4 Å². The van der Waals surface area contributed by atoms with Gasteiger partial charge in [-0.15, -0.1) is 24.0 Å². The van der Waals surface area contributed by atoms with Crippen molar-refractivity contribution in [3.63, 3.8) is 0 Å². The SMILES string of the molecule is CN=C(NCc1ccc(C)cc1)NCc1cccc(NC(=O)c2ccco2)c1.I. The van der Waals surface area contributed by atoms with E-state index in [0.29, 0.717) is 24.7 Å². The van der Waals surface area contributed by atoms with E-state index in [1.54, 1.807) is 19.2 Å². The van der Waals surface area contributed by atoms with Gasteiger partial charge in [-0.05, 0) is 42.3 Å². The molecule has 0 atom stereocenters. The predicted octanol–water partition coefficient (Wildman–Crippen LogP) is 4.32. The summed E-state index contributed by atoms with van der Waals surface area (Å²) < 4.78 is 5.11. The maximum absolute atomic E-state index is 12.1. The third kappa shape index (κ3) is 6.94. The van der Waals surface area contributed by atoms with E-state index >= 15 is 0 Å². The van der Waals surface area contributed by atoms with E-state index in [2.05, 4.69) is 52.1 Å². The fourth-order valence-electron chi connectivity index (χ4n) is 2.66. The van der Waals surface area contributed by atoms with Crippen molar-refractivity contribution in [3.8, 4) is 0 Å². The van der Waals surface area contributed by atoms with E-state index in [9.17, 15) is 4.79 Å². The van der Waals surface area contributed by atoms with Gasteiger partial charge in [0.15, 0.2) is 11.7 Å². The van der Waals surface area contributed by atoms with E-state index in [0.717, 1.165) is 5.56 Å². The van der Waals surface area contributed by atoms with Crippen molar-refractivity contribution in [1.82, 2.24) is 10.6 Å². The van der Waals surface area contributed by atoms with Crippen molar-refractivity contribution in [2.24, 2.45) is 4.99 Å². The van der Waals surface area contributed by atoms with Crippen molar-refractivity contribution in [2.45, 2.75) is 20.0 Å². The summed E-state index contributed by atoms with van der Waals surface area (Å²) in [6.07, 6.45) is 1.48. The lowest BCUT2D eigenvalue weighted by molar-refractivity contribution is 0.0996. The third-order valence-corrected chi connectivity index (χ3v) is 4.19. The highest BCUT2D eigenvalue weighted by Gasteiger charge is 2.09. The number of amides is 1. The van der Waals surface area contributed by atoms with Gasteiger partial charge in [0.1, 0.15) is 0 Å². The van der Waals surface area contributed by atoms with Crippen LogP contribution in [0, 0.1) is 6.92 Å². The number of nitrogens with zero attached hydrogens (tertiary/aromatic N) is 1. The zero-order valence-corrected chi connectivity index (χ0v) is 18.8. The number of guanidine groups is 1. The largest absolute Gasteiger partial charge is 0.459 e. The van der Waals surface area contributed by atoms with Crippen LogP contribution in [-0.4, -0.2) is 18.9 Å². The summed E-state index contributed by atoms with van der Waals surface area (Å²) in [5.41, 5.74) is 4.17. The lowest BCUT2D eigenvalue weighted by Crippen LogP contribution is -2.36. The lowest BCUT2D eigenvalue weighted by atomic mass is 10.1. The monoisotopic (exact) mass is 504 g/mol. The lowest BCUT2D eigenvalue weighted by Gasteiger charge is -2.13. The van der Waals surface area contributed by atoms with Crippen molar-refractivity contribution >= 4 is 41.5 Å². The fraction of sp³-hybridized carbons (Fsp3) is 0.182. The highest BCUT2D eigenvalue weighted by atomic mass is 127. The van der Waals surface area contributed by atoms with E-state index in [-0.39, 0.29) is 35.6 Å². The van der Waals surface area contributed by atoms with Crippen LogP contribution >= 0.6 is 24.0 Å². The highest BCUT2D eigenvalue weighted by Crippen LogP contribution is 2.12. The van der Waals surface area contributed by atoms with Gasteiger partial charge in [0.2, 0.25) is 0 Å². The van der Waals surface area contributed by atoms with Gasteiger partial charge in [-0.3, -0.25) is 9.79 Å². The van der Waals surface area contributed by atoms with Gasteiger partial charge < -0.3 is 20.4 Å². The summed E-state index contributed by atoms with van der Waals surface area (Å²) in [5, 5.41) is 9.41. The van der Waals surface area contributed by atoms with Crippen LogP contribution < -0.4 is 16.0 Å². The highest BCUT2D eigenvalue weighted by molar-refractivity contribution is 14.0. The van der Waals surface area contributed by atoms with Gasteiger partial charge in [-0.2, -0.15) is 0 Å². The Hall–Kier alpha value is -2.81. The summed E-state index contributed by atoms with van der Waals surface area (Å²) in [7, 11) is 1.74. The van der Waals surface area contributed by atoms with Crippen LogP contribution in [0.25, 0.3) is 0 Å². The smallest absolute Gasteiger partial charge is 0.291 e. The number of benzene rings is 2. The Morgan fingerprint density at radius 1 is 0.966 bits per heavy atom. The normalized spacial score (nSPS) is 10.8. The number of halogens is 1. The number of hydrogen-bond acceptors (Lipinski definition) is 3. The summed E-state index contributed by atoms with van der Waals surface area (Å²) in [5.74, 6) is 0.723. The van der Waals surface area contributed by atoms with E-state index < -0.39 is 0 Å². The molecule has 152 valence electrons. The van der Waals surface area contributed by atoms with E-state index in [1.807, 2.05) is 24.3 Å². The molecule has 29 heavy (non-hydrogen) atoms. The van der Waals surface area contributed by atoms with Gasteiger partial charge >= 0.3 is 0 Å². The Morgan fingerprint density at radius 2 is 1.69 bits per heavy atom. The molecule has 0 unspecified atom stereocenters. The molecule has 0 bridgehead atoms. The molecular formula is C22H25IN4O2. The molecule has 3 aromatic rings. The van der Waals surface area contributed by atoms with Gasteiger partial charge in [0.05, 0.1) is 6.26 Å². The summed E-state index contributed by atoms with van der Waals surface area (Å²) in [6, 6.07) is 19.3. The minimum Gasteiger partial charge on any atom is -0.459 e. The number of carbonyl (C=O) groups excluding carboxylic acids is 1.